The van der Waals surface area contributed by atoms with E-state index in [0.717, 1.165) is 0 Å². The molecule has 0 atom stereocenters. The van der Waals surface area contributed by atoms with Gasteiger partial charge in [-0.2, -0.15) is 0 Å². The van der Waals surface area contributed by atoms with Crippen LogP contribution in [-0.2, 0) is 21.2 Å². The molecule has 8 heteroatoms. The van der Waals surface area contributed by atoms with Gasteiger partial charge < -0.3 is 5.11 Å². The second-order valence-corrected chi connectivity index (χ2v) is 8.34. The first kappa shape index (κ1) is 20.6. The van der Waals surface area contributed by atoms with E-state index in [1.807, 2.05) is 0 Å². The molecule has 0 saturated carbocycles. The Balaban J connectivity index is 2.29. The number of aryl methyl sites for hydroxylation is 1. The second-order valence-electron chi connectivity index (χ2n) is 6.84. The van der Waals surface area contributed by atoms with Gasteiger partial charge in [0.2, 0.25) is 10.0 Å². The summed E-state index contributed by atoms with van der Waals surface area (Å²) in [6.45, 7) is 3.04. The normalized spacial score (nSPS) is 11.6. The number of carbonyl (C=O) groups excluding carboxylic acids is 1. The Hall–Kier alpha value is -3.10. The molecule has 0 spiro atoms. The maximum absolute atomic E-state index is 13.8. The standard InChI is InChI=1S/C21H18FNO5S/c1-11-3-6-16(12(2)21(11)29(23,27)28)20(26)18-8-13(9-19(24)25)7-14-4-5-15(22)10-17(14)18/h3-8,10H,9H2,1-2H3,(H,24,25)(H2,23,27,28). The Morgan fingerprint density at radius 2 is 1.72 bits per heavy atom. The summed E-state index contributed by atoms with van der Waals surface area (Å²) in [5.74, 6) is -2.17. The molecule has 3 aromatic rings. The van der Waals surface area contributed by atoms with Crippen LogP contribution < -0.4 is 5.14 Å². The van der Waals surface area contributed by atoms with Gasteiger partial charge in [0.25, 0.3) is 0 Å². The number of halogens is 1. The molecule has 29 heavy (non-hydrogen) atoms. The van der Waals surface area contributed by atoms with Crippen LogP contribution in [0.15, 0.2) is 47.4 Å². The highest BCUT2D eigenvalue weighted by atomic mass is 32.2. The Bertz CT molecular complexity index is 1280. The van der Waals surface area contributed by atoms with E-state index in [2.05, 4.69) is 0 Å². The van der Waals surface area contributed by atoms with E-state index in [9.17, 15) is 22.4 Å². The van der Waals surface area contributed by atoms with Crippen molar-refractivity contribution in [2.75, 3.05) is 0 Å². The number of hydrogen-bond acceptors (Lipinski definition) is 4. The van der Waals surface area contributed by atoms with Crippen LogP contribution in [0.3, 0.4) is 0 Å². The predicted molar refractivity (Wildman–Crippen MR) is 106 cm³/mol. The van der Waals surface area contributed by atoms with Gasteiger partial charge in [0.05, 0.1) is 11.3 Å². The first-order valence-electron chi connectivity index (χ1n) is 8.60. The van der Waals surface area contributed by atoms with E-state index in [0.29, 0.717) is 21.9 Å². The molecular weight excluding hydrogens is 397 g/mol. The Kier molecular flexibility index (Phi) is 5.25. The third-order valence-electron chi connectivity index (χ3n) is 4.71. The molecule has 0 unspecified atom stereocenters. The van der Waals surface area contributed by atoms with E-state index in [1.54, 1.807) is 13.0 Å². The van der Waals surface area contributed by atoms with Crippen molar-refractivity contribution in [2.24, 2.45) is 5.14 Å². The molecule has 0 aliphatic heterocycles. The predicted octanol–water partition coefficient (Wildman–Crippen LogP) is 3.10. The number of carboxylic acid groups (broad SMARTS) is 1. The van der Waals surface area contributed by atoms with Crippen LogP contribution in [-0.4, -0.2) is 25.3 Å². The number of fused-ring (bicyclic) bond motifs is 1. The third-order valence-corrected chi connectivity index (χ3v) is 5.91. The number of carbonyl (C=O) groups is 2. The molecule has 3 aromatic carbocycles. The van der Waals surface area contributed by atoms with Crippen LogP contribution >= 0.6 is 0 Å². The van der Waals surface area contributed by atoms with Crippen molar-refractivity contribution >= 4 is 32.5 Å². The molecule has 3 N–H and O–H groups in total. The summed E-state index contributed by atoms with van der Waals surface area (Å²) in [6.07, 6.45) is -0.317. The lowest BCUT2D eigenvalue weighted by molar-refractivity contribution is -0.136. The van der Waals surface area contributed by atoms with Crippen LogP contribution in [0.4, 0.5) is 4.39 Å². The van der Waals surface area contributed by atoms with Crippen LogP contribution in [0, 0.1) is 19.7 Å². The number of benzene rings is 3. The average molecular weight is 415 g/mol. The molecule has 6 nitrogen and oxygen atoms in total. The smallest absolute Gasteiger partial charge is 0.307 e. The largest absolute Gasteiger partial charge is 0.481 e. The fraction of sp³-hybridized carbons (Fsp3) is 0.143. The van der Waals surface area contributed by atoms with Gasteiger partial charge in [-0.15, -0.1) is 0 Å². The van der Waals surface area contributed by atoms with Gasteiger partial charge in [0.15, 0.2) is 5.78 Å². The Morgan fingerprint density at radius 1 is 1.03 bits per heavy atom. The van der Waals surface area contributed by atoms with E-state index >= 15 is 0 Å². The van der Waals surface area contributed by atoms with Crippen molar-refractivity contribution in [3.63, 3.8) is 0 Å². The minimum Gasteiger partial charge on any atom is -0.481 e. The van der Waals surface area contributed by atoms with E-state index in [-0.39, 0.29) is 28.0 Å². The molecule has 0 radical (unpaired) electrons. The molecule has 0 aliphatic carbocycles. The van der Waals surface area contributed by atoms with Crippen molar-refractivity contribution in [1.29, 1.82) is 0 Å². The van der Waals surface area contributed by atoms with Crippen molar-refractivity contribution in [3.05, 3.63) is 76.1 Å². The third kappa shape index (κ3) is 4.03. The molecule has 0 amide bonds. The van der Waals surface area contributed by atoms with Gasteiger partial charge in [-0.25, -0.2) is 17.9 Å². The lowest BCUT2D eigenvalue weighted by Gasteiger charge is -2.14. The van der Waals surface area contributed by atoms with Gasteiger partial charge in [-0.05, 0) is 59.5 Å². The molecule has 3 rings (SSSR count). The van der Waals surface area contributed by atoms with Gasteiger partial charge >= 0.3 is 5.97 Å². The number of carboxylic acids is 1. The van der Waals surface area contributed by atoms with E-state index in [1.165, 1.54) is 43.3 Å². The first-order chi connectivity index (χ1) is 13.5. The second kappa shape index (κ2) is 7.38. The van der Waals surface area contributed by atoms with Crippen LogP contribution in [0.1, 0.15) is 32.6 Å². The fourth-order valence-corrected chi connectivity index (χ4v) is 4.57. The summed E-state index contributed by atoms with van der Waals surface area (Å²) >= 11 is 0. The Labute approximate surface area is 166 Å². The highest BCUT2D eigenvalue weighted by Crippen LogP contribution is 2.29. The van der Waals surface area contributed by atoms with Gasteiger partial charge in [0.1, 0.15) is 5.82 Å². The average Bonchev–Trinajstić information content (AvgIpc) is 2.59. The molecule has 0 aliphatic rings. The first-order valence-corrected chi connectivity index (χ1v) is 10.2. The quantitative estimate of drug-likeness (QED) is 0.622. The monoisotopic (exact) mass is 415 g/mol. The molecule has 150 valence electrons. The van der Waals surface area contributed by atoms with Gasteiger partial charge in [-0.1, -0.05) is 24.3 Å². The maximum atomic E-state index is 13.8. The molecular formula is C21H18FNO5S. The zero-order valence-electron chi connectivity index (χ0n) is 15.7. The molecule has 0 bridgehead atoms. The maximum Gasteiger partial charge on any atom is 0.307 e. The fourth-order valence-electron chi connectivity index (χ4n) is 3.51. The highest BCUT2D eigenvalue weighted by molar-refractivity contribution is 7.89. The lowest BCUT2D eigenvalue weighted by atomic mass is 9.91. The minimum atomic E-state index is -4.07. The number of nitrogens with two attached hydrogens (primary N) is 1. The van der Waals surface area contributed by atoms with Crippen LogP contribution in [0.25, 0.3) is 10.8 Å². The van der Waals surface area contributed by atoms with Crippen molar-refractivity contribution < 1.29 is 27.5 Å². The molecule has 0 heterocycles. The molecule has 0 fully saturated rings. The summed E-state index contributed by atoms with van der Waals surface area (Å²) in [6, 6.07) is 9.81. The van der Waals surface area contributed by atoms with E-state index in [4.69, 9.17) is 10.2 Å². The zero-order valence-corrected chi connectivity index (χ0v) is 16.5. The van der Waals surface area contributed by atoms with Crippen LogP contribution in [0.5, 0.6) is 0 Å². The minimum absolute atomic E-state index is 0.0885. The summed E-state index contributed by atoms with van der Waals surface area (Å²) in [5, 5.41) is 15.2. The topological polar surface area (TPSA) is 115 Å². The van der Waals surface area contributed by atoms with Gasteiger partial charge in [0, 0.05) is 11.1 Å². The summed E-state index contributed by atoms with van der Waals surface area (Å²) < 4.78 is 37.8. The Morgan fingerprint density at radius 3 is 2.34 bits per heavy atom. The number of aliphatic carboxylic acids is 1. The SMILES string of the molecule is Cc1ccc(C(=O)c2cc(CC(=O)O)cc3ccc(F)cc23)c(C)c1S(N)(=O)=O. The number of hydrogen-bond donors (Lipinski definition) is 2. The highest BCUT2D eigenvalue weighted by Gasteiger charge is 2.23. The molecule has 0 saturated heterocycles. The summed E-state index contributed by atoms with van der Waals surface area (Å²) in [5.41, 5.74) is 1.14. The summed E-state index contributed by atoms with van der Waals surface area (Å²) in [4.78, 5) is 24.3. The van der Waals surface area contributed by atoms with Crippen molar-refractivity contribution in [1.82, 2.24) is 0 Å². The lowest BCUT2D eigenvalue weighted by Crippen LogP contribution is -2.17. The molecule has 0 aromatic heterocycles. The summed E-state index contributed by atoms with van der Waals surface area (Å²) in [7, 11) is -4.07. The van der Waals surface area contributed by atoms with Crippen molar-refractivity contribution in [2.45, 2.75) is 25.2 Å². The van der Waals surface area contributed by atoms with Crippen LogP contribution in [0.2, 0.25) is 0 Å². The van der Waals surface area contributed by atoms with E-state index < -0.39 is 27.6 Å². The van der Waals surface area contributed by atoms with Crippen molar-refractivity contribution in [3.8, 4) is 0 Å². The number of primary sulfonamides is 1. The van der Waals surface area contributed by atoms with Gasteiger partial charge in [-0.3, -0.25) is 9.59 Å². The number of sulfonamides is 1. The zero-order chi connectivity index (χ0) is 21.5. The number of ketones is 1. The number of rotatable bonds is 5.